The molecule has 0 radical (unpaired) electrons. The molecule has 2 aliphatic rings. The lowest BCUT2D eigenvalue weighted by Gasteiger charge is -2.14. The van der Waals surface area contributed by atoms with Crippen LogP contribution < -0.4 is 18.9 Å². The van der Waals surface area contributed by atoms with Crippen LogP contribution in [-0.4, -0.2) is 57.2 Å². The van der Waals surface area contributed by atoms with Crippen LogP contribution in [0.25, 0.3) is 6.08 Å². The van der Waals surface area contributed by atoms with Gasteiger partial charge in [-0.25, -0.2) is 4.99 Å². The fourth-order valence-corrected chi connectivity index (χ4v) is 4.12. The summed E-state index contributed by atoms with van der Waals surface area (Å²) in [6.07, 6.45) is 1.78. The van der Waals surface area contributed by atoms with Crippen molar-refractivity contribution in [2.75, 3.05) is 41.3 Å². The molecule has 0 atom stereocenters. The van der Waals surface area contributed by atoms with Crippen LogP contribution in [0, 0.1) is 0 Å². The Kier molecular flexibility index (Phi) is 6.34. The minimum Gasteiger partial charge on any atom is -0.497 e. The van der Waals surface area contributed by atoms with E-state index in [0.29, 0.717) is 40.5 Å². The van der Waals surface area contributed by atoms with Crippen molar-refractivity contribution in [1.82, 2.24) is 4.90 Å². The summed E-state index contributed by atoms with van der Waals surface area (Å²) in [7, 11) is 4.78. The van der Waals surface area contributed by atoms with E-state index in [2.05, 4.69) is 4.99 Å². The zero-order valence-corrected chi connectivity index (χ0v) is 18.2. The van der Waals surface area contributed by atoms with E-state index in [1.54, 1.807) is 44.4 Å². The third-order valence-electron chi connectivity index (χ3n) is 4.72. The quantitative estimate of drug-likeness (QED) is 0.605. The zero-order chi connectivity index (χ0) is 21.8. The van der Waals surface area contributed by atoms with Crippen LogP contribution in [0.5, 0.6) is 23.0 Å². The highest BCUT2D eigenvalue weighted by atomic mass is 32.2. The number of ether oxygens (including phenoxy) is 5. The largest absolute Gasteiger partial charge is 0.497 e. The van der Waals surface area contributed by atoms with Gasteiger partial charge in [-0.3, -0.25) is 9.69 Å². The molecule has 0 N–H and O–H groups in total. The molecular formula is C22H22N2O6S. The minimum atomic E-state index is -0.144. The summed E-state index contributed by atoms with van der Waals surface area (Å²) in [6.45, 7) is 0.956. The van der Waals surface area contributed by atoms with Gasteiger partial charge >= 0.3 is 0 Å². The molecule has 8 nitrogen and oxygen atoms in total. The van der Waals surface area contributed by atoms with Crippen molar-refractivity contribution in [1.29, 1.82) is 0 Å². The second-order valence-corrected chi connectivity index (χ2v) is 7.61. The molecule has 9 heteroatoms. The fraction of sp³-hybridized carbons (Fsp3) is 0.273. The standard InChI is InChI=1S/C22H22N2O6S/c1-26-9-8-24-21(25)20(31-22(24)23-15-4-6-16(27-2)7-5-15)11-14-10-18-19(30-13-29-18)12-17(14)28-3/h4-7,10-12H,8-9,13H2,1-3H3/b20-11+,23-22?. The maximum absolute atomic E-state index is 13.1. The Hall–Kier alpha value is -3.17. The average Bonchev–Trinajstić information content (AvgIpc) is 3.36. The first-order valence-corrected chi connectivity index (χ1v) is 10.4. The molecule has 0 spiro atoms. The van der Waals surface area contributed by atoms with Gasteiger partial charge in [0.25, 0.3) is 5.91 Å². The molecule has 1 saturated heterocycles. The maximum atomic E-state index is 13.1. The summed E-state index contributed by atoms with van der Waals surface area (Å²) in [5.41, 5.74) is 1.44. The molecule has 2 aliphatic heterocycles. The van der Waals surface area contributed by atoms with Gasteiger partial charge in [-0.05, 0) is 48.2 Å². The number of benzene rings is 2. The summed E-state index contributed by atoms with van der Waals surface area (Å²) < 4.78 is 26.7. The second-order valence-electron chi connectivity index (χ2n) is 6.60. The number of carbonyl (C=O) groups is 1. The van der Waals surface area contributed by atoms with E-state index < -0.39 is 0 Å². The number of methoxy groups -OCH3 is 3. The first kappa shape index (κ1) is 21.1. The molecule has 1 fully saturated rings. The lowest BCUT2D eigenvalue weighted by atomic mass is 10.1. The first-order valence-electron chi connectivity index (χ1n) is 9.53. The average molecular weight is 442 g/mol. The van der Waals surface area contributed by atoms with Crippen molar-refractivity contribution in [3.8, 4) is 23.0 Å². The Morgan fingerprint density at radius 3 is 2.52 bits per heavy atom. The number of hydrogen-bond acceptors (Lipinski definition) is 8. The van der Waals surface area contributed by atoms with E-state index in [4.69, 9.17) is 23.7 Å². The molecule has 0 saturated carbocycles. The Balaban J connectivity index is 1.67. The Morgan fingerprint density at radius 2 is 1.84 bits per heavy atom. The molecule has 1 amide bonds. The third-order valence-corrected chi connectivity index (χ3v) is 5.72. The van der Waals surface area contributed by atoms with E-state index in [9.17, 15) is 4.79 Å². The molecule has 2 aromatic carbocycles. The fourth-order valence-electron chi connectivity index (χ4n) is 3.11. The molecule has 0 aromatic heterocycles. The smallest absolute Gasteiger partial charge is 0.266 e. The number of aliphatic imine (C=N–C) groups is 1. The molecule has 0 bridgehead atoms. The zero-order valence-electron chi connectivity index (χ0n) is 17.4. The summed E-state index contributed by atoms with van der Waals surface area (Å²) in [5, 5.41) is 0.582. The van der Waals surface area contributed by atoms with E-state index in [1.165, 1.54) is 11.8 Å². The molecule has 2 heterocycles. The van der Waals surface area contributed by atoms with Crippen LogP contribution in [0.4, 0.5) is 5.69 Å². The highest BCUT2D eigenvalue weighted by molar-refractivity contribution is 8.18. The van der Waals surface area contributed by atoms with Crippen molar-refractivity contribution in [2.45, 2.75) is 0 Å². The lowest BCUT2D eigenvalue weighted by Crippen LogP contribution is -2.32. The number of nitrogens with zero attached hydrogens (tertiary/aromatic N) is 2. The lowest BCUT2D eigenvalue weighted by molar-refractivity contribution is -0.122. The maximum Gasteiger partial charge on any atom is 0.266 e. The van der Waals surface area contributed by atoms with Crippen molar-refractivity contribution in [2.24, 2.45) is 4.99 Å². The monoisotopic (exact) mass is 442 g/mol. The molecule has 162 valence electrons. The molecular weight excluding hydrogens is 420 g/mol. The van der Waals surface area contributed by atoms with E-state index in [-0.39, 0.29) is 12.7 Å². The number of hydrogen-bond donors (Lipinski definition) is 0. The van der Waals surface area contributed by atoms with Gasteiger partial charge in [-0.2, -0.15) is 0 Å². The normalized spacial score (nSPS) is 17.6. The summed E-state index contributed by atoms with van der Waals surface area (Å²) in [6, 6.07) is 10.9. The van der Waals surface area contributed by atoms with Gasteiger partial charge in [0, 0.05) is 18.7 Å². The summed E-state index contributed by atoms with van der Waals surface area (Å²) in [5.74, 6) is 2.42. The number of amides is 1. The number of rotatable bonds is 7. The predicted molar refractivity (Wildman–Crippen MR) is 118 cm³/mol. The van der Waals surface area contributed by atoms with Crippen LogP contribution in [-0.2, 0) is 9.53 Å². The number of amidine groups is 1. The van der Waals surface area contributed by atoms with Crippen molar-refractivity contribution >= 4 is 34.6 Å². The van der Waals surface area contributed by atoms with Gasteiger partial charge in [-0.1, -0.05) is 0 Å². The van der Waals surface area contributed by atoms with Crippen molar-refractivity contribution < 1.29 is 28.5 Å². The second kappa shape index (κ2) is 9.32. The molecule has 0 aliphatic carbocycles. The van der Waals surface area contributed by atoms with Crippen molar-refractivity contribution in [3.63, 3.8) is 0 Å². The van der Waals surface area contributed by atoms with Crippen LogP contribution >= 0.6 is 11.8 Å². The molecule has 4 rings (SSSR count). The number of fused-ring (bicyclic) bond motifs is 1. The summed E-state index contributed by atoms with van der Waals surface area (Å²) in [4.78, 5) is 19.9. The van der Waals surface area contributed by atoms with Gasteiger partial charge in [0.15, 0.2) is 16.7 Å². The molecule has 0 unspecified atom stereocenters. The van der Waals surface area contributed by atoms with Gasteiger partial charge < -0.3 is 23.7 Å². The van der Waals surface area contributed by atoms with Gasteiger partial charge in [0.05, 0.1) is 38.0 Å². The van der Waals surface area contributed by atoms with Crippen LogP contribution in [0.3, 0.4) is 0 Å². The van der Waals surface area contributed by atoms with Gasteiger partial charge in [0.2, 0.25) is 6.79 Å². The topological polar surface area (TPSA) is 78.8 Å². The van der Waals surface area contributed by atoms with Gasteiger partial charge in [-0.15, -0.1) is 0 Å². The first-order chi connectivity index (χ1) is 15.1. The Labute approximate surface area is 184 Å². The van der Waals surface area contributed by atoms with Gasteiger partial charge in [0.1, 0.15) is 11.5 Å². The highest BCUT2D eigenvalue weighted by Gasteiger charge is 2.33. The molecule has 31 heavy (non-hydrogen) atoms. The van der Waals surface area contributed by atoms with E-state index in [0.717, 1.165) is 17.0 Å². The molecule has 2 aromatic rings. The van der Waals surface area contributed by atoms with Crippen LogP contribution in [0.15, 0.2) is 46.3 Å². The highest BCUT2D eigenvalue weighted by Crippen LogP contribution is 2.41. The SMILES string of the molecule is COCCN1C(=O)/C(=C\c2cc3c(cc2OC)OCO3)SC1=Nc1ccc(OC)cc1. The van der Waals surface area contributed by atoms with E-state index in [1.807, 2.05) is 24.3 Å². The summed E-state index contributed by atoms with van der Waals surface area (Å²) >= 11 is 1.30. The Bertz CT molecular complexity index is 1040. The van der Waals surface area contributed by atoms with Crippen LogP contribution in [0.1, 0.15) is 5.56 Å². The predicted octanol–water partition coefficient (Wildman–Crippen LogP) is 3.68. The van der Waals surface area contributed by atoms with E-state index >= 15 is 0 Å². The number of carbonyl (C=O) groups excluding carboxylic acids is 1. The van der Waals surface area contributed by atoms with Crippen molar-refractivity contribution in [3.05, 3.63) is 46.9 Å². The minimum absolute atomic E-state index is 0.144. The third kappa shape index (κ3) is 4.47. The van der Waals surface area contributed by atoms with Crippen LogP contribution in [0.2, 0.25) is 0 Å². The number of thioether (sulfide) groups is 1. The Morgan fingerprint density at radius 1 is 1.10 bits per heavy atom.